The number of alkyl halides is 2. The van der Waals surface area contributed by atoms with Crippen molar-refractivity contribution in [3.05, 3.63) is 54.1 Å². The van der Waals surface area contributed by atoms with Gasteiger partial charge in [0.1, 0.15) is 5.75 Å². The Hall–Kier alpha value is -2.11. The zero-order valence-electron chi connectivity index (χ0n) is 17.8. The number of amides is 1. The first-order valence-corrected chi connectivity index (χ1v) is 13.0. The zero-order valence-corrected chi connectivity index (χ0v) is 20.9. The molecule has 0 spiro atoms. The number of rotatable bonds is 12. The third-order valence-electron chi connectivity index (χ3n) is 4.46. The van der Waals surface area contributed by atoms with Gasteiger partial charge in [0, 0.05) is 42.6 Å². The van der Waals surface area contributed by atoms with Crippen molar-refractivity contribution in [2.45, 2.75) is 19.3 Å². The van der Waals surface area contributed by atoms with Gasteiger partial charge in [-0.25, -0.2) is 0 Å². The molecule has 0 aromatic heterocycles. The van der Waals surface area contributed by atoms with E-state index in [-0.39, 0.29) is 16.8 Å². The smallest absolute Gasteiger partial charge is 0.371 e. The maximum atomic E-state index is 12.2. The van der Waals surface area contributed by atoms with Gasteiger partial charge in [-0.2, -0.15) is 13.6 Å². The van der Waals surface area contributed by atoms with E-state index < -0.39 is 10.3 Å². The predicted molar refractivity (Wildman–Crippen MR) is 138 cm³/mol. The largest absolute Gasteiger partial charge is 0.380 e. The highest BCUT2D eigenvalue weighted by Crippen LogP contribution is 2.18. The molecule has 1 amide bonds. The number of carbonyl (C=O) groups is 1. The zero-order chi connectivity index (χ0) is 24.3. The number of nitrogens with one attached hydrogen (secondary N) is 2. The number of carbonyl (C=O) groups excluding carboxylic acids is 1. The van der Waals surface area contributed by atoms with Gasteiger partial charge in [0.05, 0.1) is 0 Å². The van der Waals surface area contributed by atoms with E-state index in [9.17, 15) is 13.2 Å². The number of benzene rings is 2. The molecule has 180 valence electrons. The molecule has 33 heavy (non-hydrogen) atoms. The van der Waals surface area contributed by atoms with Crippen LogP contribution in [-0.2, 0) is 21.5 Å². The molecule has 0 unspecified atom stereocenters. The summed E-state index contributed by atoms with van der Waals surface area (Å²) in [5, 5.41) is 10.4. The first-order chi connectivity index (χ1) is 15.7. The molecule has 0 heterocycles. The van der Waals surface area contributed by atoms with Crippen LogP contribution in [0.3, 0.4) is 0 Å². The molecule has 0 radical (unpaired) electrons. The van der Waals surface area contributed by atoms with Crippen LogP contribution in [0, 0.1) is 0 Å². The van der Waals surface area contributed by atoms with E-state index in [1.165, 1.54) is 12.1 Å². The van der Waals surface area contributed by atoms with Gasteiger partial charge >= 0.3 is 10.3 Å². The fraction of sp³-hybridized carbons (Fsp3) is 0.333. The molecular weight excluding hydrogens is 507 g/mol. The number of halogens is 2. The molecule has 0 aliphatic heterocycles. The Bertz CT molecular complexity index is 1010. The SMILES string of the molecule is NS(=O)(=O)Oc1ccc(NC(=S)NC(=O)CCCc2ccc(N(CCCl)CCCl)cc2)cc1. The first-order valence-electron chi connectivity index (χ1n) is 10.1. The third-order valence-corrected chi connectivity index (χ3v) is 5.42. The molecule has 0 saturated carbocycles. The number of nitrogens with zero attached hydrogens (tertiary/aromatic N) is 1. The molecule has 8 nitrogen and oxygen atoms in total. The van der Waals surface area contributed by atoms with Gasteiger partial charge < -0.3 is 19.7 Å². The molecule has 12 heteroatoms. The van der Waals surface area contributed by atoms with Crippen molar-refractivity contribution in [1.29, 1.82) is 0 Å². The van der Waals surface area contributed by atoms with Gasteiger partial charge in [0.2, 0.25) is 5.91 Å². The fourth-order valence-corrected chi connectivity index (χ4v) is 4.00. The molecule has 0 bridgehead atoms. The normalized spacial score (nSPS) is 11.0. The van der Waals surface area contributed by atoms with Crippen molar-refractivity contribution in [2.75, 3.05) is 35.1 Å². The minimum absolute atomic E-state index is 0.0665. The van der Waals surface area contributed by atoms with Crippen molar-refractivity contribution < 1.29 is 17.4 Å². The average Bonchev–Trinajstić information content (AvgIpc) is 2.74. The Balaban J connectivity index is 1.74. The lowest BCUT2D eigenvalue weighted by atomic mass is 10.1. The van der Waals surface area contributed by atoms with Crippen molar-refractivity contribution in [3.63, 3.8) is 0 Å². The Kier molecular flexibility index (Phi) is 11.2. The summed E-state index contributed by atoms with van der Waals surface area (Å²) in [6.45, 7) is 1.46. The second-order valence-electron chi connectivity index (χ2n) is 6.99. The Labute approximate surface area is 209 Å². The quantitative estimate of drug-likeness (QED) is 0.283. The van der Waals surface area contributed by atoms with Gasteiger partial charge in [-0.05, 0) is 67.0 Å². The summed E-state index contributed by atoms with van der Waals surface area (Å²) in [6, 6.07) is 14.1. The summed E-state index contributed by atoms with van der Waals surface area (Å²) in [5.41, 5.74) is 2.75. The van der Waals surface area contributed by atoms with Crippen molar-refractivity contribution in [1.82, 2.24) is 5.32 Å². The summed E-state index contributed by atoms with van der Waals surface area (Å²) >= 11 is 16.9. The standard InChI is InChI=1S/C21H26Cl2N4O4S2/c22-12-14-27(15-13-23)18-8-4-16(5-9-18)2-1-3-20(28)26-21(32)25-17-6-10-19(11-7-17)31-33(24,29)30/h4-11H,1-3,12-15H2,(H2,24,29,30)(H2,25,26,28,32). The van der Waals surface area contributed by atoms with Crippen LogP contribution in [0.5, 0.6) is 5.75 Å². The number of anilines is 2. The fourth-order valence-electron chi connectivity index (χ4n) is 2.98. The van der Waals surface area contributed by atoms with E-state index in [2.05, 4.69) is 19.7 Å². The van der Waals surface area contributed by atoms with E-state index in [1.807, 2.05) is 24.3 Å². The Morgan fingerprint density at radius 1 is 1.03 bits per heavy atom. The molecule has 0 aliphatic rings. The van der Waals surface area contributed by atoms with Crippen molar-refractivity contribution in [3.8, 4) is 5.75 Å². The lowest BCUT2D eigenvalue weighted by Gasteiger charge is -2.23. The molecular formula is C21H26Cl2N4O4S2. The van der Waals surface area contributed by atoms with Crippen LogP contribution in [0.1, 0.15) is 18.4 Å². The van der Waals surface area contributed by atoms with Crippen LogP contribution in [0.25, 0.3) is 0 Å². The van der Waals surface area contributed by atoms with Gasteiger partial charge in [0.15, 0.2) is 5.11 Å². The van der Waals surface area contributed by atoms with E-state index >= 15 is 0 Å². The molecule has 0 atom stereocenters. The van der Waals surface area contributed by atoms with E-state index in [0.717, 1.165) is 30.8 Å². The minimum Gasteiger partial charge on any atom is -0.371 e. The maximum Gasteiger partial charge on any atom is 0.380 e. The molecule has 2 aromatic rings. The number of nitrogens with two attached hydrogens (primary N) is 1. The van der Waals surface area contributed by atoms with Gasteiger partial charge in [-0.3, -0.25) is 4.79 Å². The van der Waals surface area contributed by atoms with Crippen LogP contribution in [0.4, 0.5) is 11.4 Å². The summed E-state index contributed by atoms with van der Waals surface area (Å²) in [5.74, 6) is 0.927. The summed E-state index contributed by atoms with van der Waals surface area (Å²) in [4.78, 5) is 14.3. The highest BCUT2D eigenvalue weighted by atomic mass is 35.5. The molecule has 0 aliphatic carbocycles. The first kappa shape index (κ1) is 27.1. The maximum absolute atomic E-state index is 12.2. The predicted octanol–water partition coefficient (Wildman–Crippen LogP) is 3.39. The van der Waals surface area contributed by atoms with Crippen LogP contribution < -0.4 is 24.9 Å². The molecule has 0 saturated heterocycles. The Morgan fingerprint density at radius 3 is 2.18 bits per heavy atom. The average molecular weight is 534 g/mol. The molecule has 0 fully saturated rings. The molecule has 2 aromatic carbocycles. The van der Waals surface area contributed by atoms with Gasteiger partial charge in [-0.15, -0.1) is 23.2 Å². The lowest BCUT2D eigenvalue weighted by molar-refractivity contribution is -0.119. The number of aryl methyl sites for hydroxylation is 1. The number of hydrogen-bond acceptors (Lipinski definition) is 6. The third kappa shape index (κ3) is 10.6. The van der Waals surface area contributed by atoms with E-state index in [4.69, 9.17) is 40.6 Å². The highest BCUT2D eigenvalue weighted by molar-refractivity contribution is 7.84. The summed E-state index contributed by atoms with van der Waals surface area (Å²) in [6.07, 6.45) is 1.74. The second kappa shape index (κ2) is 13.6. The summed E-state index contributed by atoms with van der Waals surface area (Å²) in [7, 11) is -4.08. The molecule has 2 rings (SSSR count). The minimum atomic E-state index is -4.08. The van der Waals surface area contributed by atoms with Crippen LogP contribution >= 0.6 is 35.4 Å². The molecule has 4 N–H and O–H groups in total. The van der Waals surface area contributed by atoms with E-state index in [0.29, 0.717) is 30.3 Å². The van der Waals surface area contributed by atoms with Gasteiger partial charge in [0.25, 0.3) is 0 Å². The van der Waals surface area contributed by atoms with Crippen molar-refractivity contribution >= 4 is 68.1 Å². The van der Waals surface area contributed by atoms with Crippen molar-refractivity contribution in [2.24, 2.45) is 5.14 Å². The Morgan fingerprint density at radius 2 is 1.64 bits per heavy atom. The number of thiocarbonyl (C=S) groups is 1. The van der Waals surface area contributed by atoms with E-state index in [1.54, 1.807) is 12.1 Å². The topological polar surface area (TPSA) is 114 Å². The lowest BCUT2D eigenvalue weighted by Crippen LogP contribution is -2.33. The monoisotopic (exact) mass is 532 g/mol. The summed E-state index contributed by atoms with van der Waals surface area (Å²) < 4.78 is 26.4. The van der Waals surface area contributed by atoms with Crippen LogP contribution in [0.2, 0.25) is 0 Å². The van der Waals surface area contributed by atoms with Gasteiger partial charge in [-0.1, -0.05) is 12.1 Å². The number of hydrogen-bond donors (Lipinski definition) is 3. The second-order valence-corrected chi connectivity index (χ2v) is 9.30. The van der Waals surface area contributed by atoms with Crippen LogP contribution in [0.15, 0.2) is 48.5 Å². The highest BCUT2D eigenvalue weighted by Gasteiger charge is 2.08. The van der Waals surface area contributed by atoms with Crippen LogP contribution in [-0.4, -0.2) is 44.3 Å².